The van der Waals surface area contributed by atoms with Crippen molar-refractivity contribution >= 4 is 0 Å². The second-order valence-electron chi connectivity index (χ2n) is 6.30. The van der Waals surface area contributed by atoms with Crippen molar-refractivity contribution in [3.8, 4) is 0 Å². The molecule has 106 valence electrons. The molecule has 0 aromatic heterocycles. The fraction of sp³-hybridized carbons (Fsp3) is 1.00. The second-order valence-corrected chi connectivity index (χ2v) is 6.30. The maximum absolute atomic E-state index is 3.68. The van der Waals surface area contributed by atoms with Gasteiger partial charge >= 0.3 is 0 Å². The van der Waals surface area contributed by atoms with E-state index in [4.69, 9.17) is 0 Å². The number of nitrogens with zero attached hydrogens (tertiary/aromatic N) is 1. The molecule has 1 saturated heterocycles. The molecule has 2 fully saturated rings. The van der Waals surface area contributed by atoms with Crippen molar-refractivity contribution in [3.63, 3.8) is 0 Å². The first-order valence-electron chi connectivity index (χ1n) is 7.92. The van der Waals surface area contributed by atoms with Crippen molar-refractivity contribution in [3.05, 3.63) is 0 Å². The molecular formula is C15H31N3. The van der Waals surface area contributed by atoms with Gasteiger partial charge in [0.2, 0.25) is 0 Å². The molecule has 3 heteroatoms. The molecule has 2 N–H and O–H groups in total. The summed E-state index contributed by atoms with van der Waals surface area (Å²) in [5.41, 5.74) is 0. The third-order valence-corrected chi connectivity index (χ3v) is 4.71. The summed E-state index contributed by atoms with van der Waals surface area (Å²) in [6.07, 6.45) is 9.72. The van der Waals surface area contributed by atoms with Gasteiger partial charge in [0, 0.05) is 31.2 Å². The first kappa shape index (κ1) is 14.3. The van der Waals surface area contributed by atoms with Gasteiger partial charge < -0.3 is 15.5 Å². The lowest BCUT2D eigenvalue weighted by molar-refractivity contribution is 0.241. The predicted molar refractivity (Wildman–Crippen MR) is 78.0 cm³/mol. The molecule has 0 aromatic rings. The monoisotopic (exact) mass is 253 g/mol. The molecule has 0 radical (unpaired) electrons. The summed E-state index contributed by atoms with van der Waals surface area (Å²) in [5, 5.41) is 7.26. The summed E-state index contributed by atoms with van der Waals surface area (Å²) < 4.78 is 0. The van der Waals surface area contributed by atoms with Gasteiger partial charge in [-0.1, -0.05) is 12.8 Å². The zero-order valence-corrected chi connectivity index (χ0v) is 12.3. The van der Waals surface area contributed by atoms with E-state index in [1.807, 2.05) is 0 Å². The van der Waals surface area contributed by atoms with Crippen LogP contribution in [0, 0.1) is 0 Å². The highest BCUT2D eigenvalue weighted by Gasteiger charge is 2.19. The molecule has 0 aromatic carbocycles. The molecular weight excluding hydrogens is 222 g/mol. The van der Waals surface area contributed by atoms with Crippen molar-refractivity contribution in [2.75, 3.05) is 26.7 Å². The minimum atomic E-state index is 0.651. The van der Waals surface area contributed by atoms with Gasteiger partial charge in [-0.05, 0) is 52.6 Å². The molecule has 2 unspecified atom stereocenters. The van der Waals surface area contributed by atoms with E-state index >= 15 is 0 Å². The fourth-order valence-corrected chi connectivity index (χ4v) is 3.48. The van der Waals surface area contributed by atoms with Crippen LogP contribution in [0.15, 0.2) is 0 Å². The van der Waals surface area contributed by atoms with Gasteiger partial charge in [-0.3, -0.25) is 0 Å². The Bertz CT molecular complexity index is 220. The lowest BCUT2D eigenvalue weighted by Gasteiger charge is -2.25. The van der Waals surface area contributed by atoms with Crippen molar-refractivity contribution in [2.45, 2.75) is 70.0 Å². The number of hydrogen-bond donors (Lipinski definition) is 2. The zero-order chi connectivity index (χ0) is 12.8. The van der Waals surface area contributed by atoms with Crippen molar-refractivity contribution < 1.29 is 0 Å². The van der Waals surface area contributed by atoms with Crippen LogP contribution in [0.1, 0.15) is 51.9 Å². The second kappa shape index (κ2) is 7.46. The highest BCUT2D eigenvalue weighted by atomic mass is 15.1. The first-order valence-corrected chi connectivity index (χ1v) is 7.92. The molecule has 1 saturated carbocycles. The van der Waals surface area contributed by atoms with E-state index in [0.29, 0.717) is 6.04 Å². The van der Waals surface area contributed by atoms with Gasteiger partial charge in [-0.15, -0.1) is 0 Å². The Morgan fingerprint density at radius 1 is 1.22 bits per heavy atom. The number of nitrogens with one attached hydrogen (secondary N) is 2. The van der Waals surface area contributed by atoms with Crippen LogP contribution in [0.3, 0.4) is 0 Å². The molecule has 1 heterocycles. The number of likely N-dealkylation sites (N-methyl/N-ethyl adjacent to an activating group) is 1. The van der Waals surface area contributed by atoms with Crippen LogP contribution in [0.25, 0.3) is 0 Å². The average Bonchev–Trinajstić information content (AvgIpc) is 3.00. The van der Waals surface area contributed by atoms with Crippen LogP contribution in [-0.2, 0) is 0 Å². The Morgan fingerprint density at radius 3 is 2.67 bits per heavy atom. The van der Waals surface area contributed by atoms with Gasteiger partial charge in [-0.25, -0.2) is 0 Å². The number of rotatable bonds is 7. The van der Waals surface area contributed by atoms with Gasteiger partial charge in [-0.2, -0.15) is 0 Å². The van der Waals surface area contributed by atoms with Crippen LogP contribution < -0.4 is 10.6 Å². The Morgan fingerprint density at radius 2 is 2.00 bits per heavy atom. The van der Waals surface area contributed by atoms with Crippen molar-refractivity contribution in [1.82, 2.24) is 15.5 Å². The summed E-state index contributed by atoms with van der Waals surface area (Å²) in [6, 6.07) is 2.27. The Balaban J connectivity index is 1.53. The lowest BCUT2D eigenvalue weighted by Crippen LogP contribution is -2.40. The molecule has 3 nitrogen and oxygen atoms in total. The van der Waals surface area contributed by atoms with E-state index < -0.39 is 0 Å². The van der Waals surface area contributed by atoms with Gasteiger partial charge in [0.15, 0.2) is 0 Å². The van der Waals surface area contributed by atoms with Crippen LogP contribution >= 0.6 is 0 Å². The molecule has 0 spiro atoms. The summed E-state index contributed by atoms with van der Waals surface area (Å²) in [6.45, 7) is 5.89. The molecule has 18 heavy (non-hydrogen) atoms. The molecule has 2 rings (SSSR count). The first-order chi connectivity index (χ1) is 8.75. The predicted octanol–water partition coefficient (Wildman–Crippen LogP) is 1.98. The summed E-state index contributed by atoms with van der Waals surface area (Å²) in [5.74, 6) is 0. The molecule has 0 amide bonds. The third kappa shape index (κ3) is 4.52. The highest BCUT2D eigenvalue weighted by Crippen LogP contribution is 2.21. The topological polar surface area (TPSA) is 27.3 Å². The van der Waals surface area contributed by atoms with Crippen LogP contribution in [-0.4, -0.2) is 49.7 Å². The minimum absolute atomic E-state index is 0.651. The van der Waals surface area contributed by atoms with Gasteiger partial charge in [0.1, 0.15) is 0 Å². The lowest BCUT2D eigenvalue weighted by atomic mass is 10.1. The largest absolute Gasteiger partial charge is 0.314 e. The van der Waals surface area contributed by atoms with E-state index in [-0.39, 0.29) is 0 Å². The molecule has 2 aliphatic rings. The van der Waals surface area contributed by atoms with Gasteiger partial charge in [0.25, 0.3) is 0 Å². The van der Waals surface area contributed by atoms with E-state index in [1.165, 1.54) is 58.0 Å². The summed E-state index contributed by atoms with van der Waals surface area (Å²) >= 11 is 0. The Labute approximate surface area is 113 Å². The quantitative estimate of drug-likeness (QED) is 0.726. The normalized spacial score (nSPS) is 27.2. The molecule has 2 atom stereocenters. The van der Waals surface area contributed by atoms with E-state index in [9.17, 15) is 0 Å². The smallest absolute Gasteiger partial charge is 0.0107 e. The molecule has 0 bridgehead atoms. The Kier molecular flexibility index (Phi) is 5.93. The molecule has 1 aliphatic carbocycles. The van der Waals surface area contributed by atoms with Crippen molar-refractivity contribution in [2.24, 2.45) is 0 Å². The number of hydrogen-bond acceptors (Lipinski definition) is 3. The van der Waals surface area contributed by atoms with Crippen LogP contribution in [0.4, 0.5) is 0 Å². The van der Waals surface area contributed by atoms with E-state index in [2.05, 4.69) is 29.5 Å². The SMILES string of the molecule is CC(CC1CCCN1)NCCN(C)C1CCCC1. The Hall–Kier alpha value is -0.120. The van der Waals surface area contributed by atoms with E-state index in [1.54, 1.807) is 0 Å². The minimum Gasteiger partial charge on any atom is -0.314 e. The fourth-order valence-electron chi connectivity index (χ4n) is 3.48. The van der Waals surface area contributed by atoms with Gasteiger partial charge in [0.05, 0.1) is 0 Å². The highest BCUT2D eigenvalue weighted by molar-refractivity contribution is 4.79. The van der Waals surface area contributed by atoms with Crippen LogP contribution in [0.2, 0.25) is 0 Å². The zero-order valence-electron chi connectivity index (χ0n) is 12.3. The summed E-state index contributed by atoms with van der Waals surface area (Å²) in [7, 11) is 2.29. The maximum atomic E-state index is 3.68. The third-order valence-electron chi connectivity index (χ3n) is 4.71. The van der Waals surface area contributed by atoms with Crippen molar-refractivity contribution in [1.29, 1.82) is 0 Å². The summed E-state index contributed by atoms with van der Waals surface area (Å²) in [4.78, 5) is 2.56. The molecule has 1 aliphatic heterocycles. The van der Waals surface area contributed by atoms with Crippen LogP contribution in [0.5, 0.6) is 0 Å². The standard InChI is InChI=1S/C15H31N3/c1-13(12-14-6-5-9-17-14)16-10-11-18(2)15-7-3-4-8-15/h13-17H,3-12H2,1-2H3. The van der Waals surface area contributed by atoms with E-state index in [0.717, 1.165) is 18.6 Å². The maximum Gasteiger partial charge on any atom is 0.0107 e. The average molecular weight is 253 g/mol.